The van der Waals surface area contributed by atoms with Crippen LogP contribution < -0.4 is 5.32 Å². The molecule has 0 aromatic rings. The molecule has 0 aliphatic heterocycles. The maximum absolute atomic E-state index is 12.6. The minimum Gasteiger partial charge on any atom is -0.456 e. The Morgan fingerprint density at radius 2 is 1.78 bits per heavy atom. The van der Waals surface area contributed by atoms with Gasteiger partial charge in [-0.15, -0.1) is 0 Å². The number of esters is 2. The predicted octanol–water partition coefficient (Wildman–Crippen LogP) is 1.23. The molecule has 0 radical (unpaired) electrons. The summed E-state index contributed by atoms with van der Waals surface area (Å²) in [6.07, 6.45) is -3.29. The van der Waals surface area contributed by atoms with Crippen LogP contribution in [0.3, 0.4) is 0 Å². The number of ketones is 1. The molecule has 10 heteroatoms. The molecule has 1 fully saturated rings. The zero-order valence-electron chi connectivity index (χ0n) is 16.0. The lowest BCUT2D eigenvalue weighted by Gasteiger charge is -2.37. The van der Waals surface area contributed by atoms with Crippen LogP contribution >= 0.6 is 15.9 Å². The van der Waals surface area contributed by atoms with E-state index in [1.165, 1.54) is 0 Å². The summed E-state index contributed by atoms with van der Waals surface area (Å²) in [6.45, 7) is 6.63. The SMILES string of the molecule is CC(=O)O[C@@H]1[C@@H](NC(=O)OC(C)(C)C)CCC(=O)[C@@](Br)(CO)[C@@H]1OC(C)=O. The Labute approximate surface area is 166 Å². The Balaban J connectivity index is 3.28. The van der Waals surface area contributed by atoms with Gasteiger partial charge in [0, 0.05) is 20.3 Å². The van der Waals surface area contributed by atoms with Crippen molar-refractivity contribution >= 4 is 39.7 Å². The van der Waals surface area contributed by atoms with Crippen LogP contribution in [-0.2, 0) is 28.6 Å². The van der Waals surface area contributed by atoms with Crippen LogP contribution in [0.2, 0.25) is 0 Å². The average Bonchev–Trinajstić information content (AvgIpc) is 2.58. The van der Waals surface area contributed by atoms with E-state index in [4.69, 9.17) is 14.2 Å². The fraction of sp³-hybridized carbons (Fsp3) is 0.765. The van der Waals surface area contributed by atoms with Crippen molar-refractivity contribution in [2.75, 3.05) is 6.61 Å². The zero-order chi connectivity index (χ0) is 21.0. The fourth-order valence-electron chi connectivity index (χ4n) is 2.75. The topological polar surface area (TPSA) is 128 Å². The van der Waals surface area contributed by atoms with E-state index >= 15 is 0 Å². The number of Topliss-reactive ketones (excluding diaryl/α,β-unsaturated/α-hetero) is 1. The summed E-state index contributed by atoms with van der Waals surface area (Å²) in [5, 5.41) is 12.4. The van der Waals surface area contributed by atoms with Gasteiger partial charge in [0.05, 0.1) is 12.6 Å². The number of carbonyl (C=O) groups is 4. The highest BCUT2D eigenvalue weighted by Crippen LogP contribution is 2.36. The first-order valence-corrected chi connectivity index (χ1v) is 9.26. The Bertz CT molecular complexity index is 602. The van der Waals surface area contributed by atoms with Crippen LogP contribution in [0.15, 0.2) is 0 Å². The minimum atomic E-state index is -1.66. The van der Waals surface area contributed by atoms with Crippen molar-refractivity contribution in [1.82, 2.24) is 5.32 Å². The third kappa shape index (κ3) is 6.46. The highest BCUT2D eigenvalue weighted by molar-refractivity contribution is 9.10. The van der Waals surface area contributed by atoms with E-state index < -0.39 is 58.6 Å². The van der Waals surface area contributed by atoms with E-state index in [-0.39, 0.29) is 12.8 Å². The van der Waals surface area contributed by atoms with Gasteiger partial charge in [0.1, 0.15) is 9.93 Å². The number of aliphatic hydroxyl groups excluding tert-OH is 1. The van der Waals surface area contributed by atoms with Crippen molar-refractivity contribution in [2.45, 2.75) is 75.6 Å². The van der Waals surface area contributed by atoms with E-state index in [0.29, 0.717) is 0 Å². The molecule has 1 aliphatic carbocycles. The molecule has 0 heterocycles. The number of nitrogens with one attached hydrogen (secondary N) is 1. The molecule has 154 valence electrons. The number of alkyl carbamates (subject to hydrolysis) is 1. The summed E-state index contributed by atoms with van der Waals surface area (Å²) in [4.78, 5) is 48.0. The van der Waals surface area contributed by atoms with Gasteiger partial charge < -0.3 is 24.6 Å². The van der Waals surface area contributed by atoms with Gasteiger partial charge in [-0.2, -0.15) is 0 Å². The lowest BCUT2D eigenvalue weighted by Crippen LogP contribution is -2.59. The van der Waals surface area contributed by atoms with Crippen molar-refractivity contribution in [3.8, 4) is 0 Å². The lowest BCUT2D eigenvalue weighted by atomic mass is 9.93. The Morgan fingerprint density at radius 1 is 1.22 bits per heavy atom. The zero-order valence-corrected chi connectivity index (χ0v) is 17.6. The molecule has 1 saturated carbocycles. The first-order valence-electron chi connectivity index (χ1n) is 8.47. The van der Waals surface area contributed by atoms with Crippen LogP contribution in [0.1, 0.15) is 47.5 Å². The van der Waals surface area contributed by atoms with E-state index in [2.05, 4.69) is 21.2 Å². The van der Waals surface area contributed by atoms with E-state index in [0.717, 1.165) is 13.8 Å². The first kappa shape index (κ1) is 23.4. The molecule has 1 rings (SSSR count). The number of amides is 1. The number of hydrogen-bond donors (Lipinski definition) is 2. The third-order valence-electron chi connectivity index (χ3n) is 3.82. The van der Waals surface area contributed by atoms with Gasteiger partial charge in [-0.05, 0) is 27.2 Å². The Kier molecular flexibility index (Phi) is 7.79. The molecular weight excluding hydrogens is 426 g/mol. The quantitative estimate of drug-likeness (QED) is 0.282. The van der Waals surface area contributed by atoms with E-state index in [1.807, 2.05) is 0 Å². The highest BCUT2D eigenvalue weighted by atomic mass is 79.9. The summed E-state index contributed by atoms with van der Waals surface area (Å²) in [7, 11) is 0. The number of aliphatic hydroxyl groups is 1. The molecule has 1 aliphatic rings. The maximum atomic E-state index is 12.6. The van der Waals surface area contributed by atoms with E-state index in [9.17, 15) is 24.3 Å². The smallest absolute Gasteiger partial charge is 0.408 e. The maximum Gasteiger partial charge on any atom is 0.408 e. The summed E-state index contributed by atoms with van der Waals surface area (Å²) in [5.41, 5.74) is -0.763. The van der Waals surface area contributed by atoms with Gasteiger partial charge in [0.15, 0.2) is 18.0 Å². The van der Waals surface area contributed by atoms with Gasteiger partial charge in [0.2, 0.25) is 0 Å². The molecule has 0 aromatic heterocycles. The fourth-order valence-corrected chi connectivity index (χ4v) is 3.31. The molecule has 0 spiro atoms. The van der Waals surface area contributed by atoms with Crippen molar-refractivity contribution in [2.24, 2.45) is 0 Å². The van der Waals surface area contributed by atoms with Crippen LogP contribution in [0.5, 0.6) is 0 Å². The molecular formula is C17H26BrNO8. The number of alkyl halides is 1. The van der Waals surface area contributed by atoms with Crippen LogP contribution in [-0.4, -0.2) is 63.7 Å². The van der Waals surface area contributed by atoms with Gasteiger partial charge >= 0.3 is 18.0 Å². The van der Waals surface area contributed by atoms with Crippen LogP contribution in [0, 0.1) is 0 Å². The van der Waals surface area contributed by atoms with Crippen molar-refractivity contribution in [3.63, 3.8) is 0 Å². The molecule has 2 N–H and O–H groups in total. The number of ether oxygens (including phenoxy) is 3. The average molecular weight is 452 g/mol. The van der Waals surface area contributed by atoms with Crippen molar-refractivity contribution in [1.29, 1.82) is 0 Å². The first-order chi connectivity index (χ1) is 12.3. The lowest BCUT2D eigenvalue weighted by molar-refractivity contribution is -0.171. The normalized spacial score (nSPS) is 28.7. The van der Waals surface area contributed by atoms with Gasteiger partial charge in [-0.3, -0.25) is 14.4 Å². The van der Waals surface area contributed by atoms with Crippen molar-refractivity contribution < 1.29 is 38.5 Å². The standard InChI is InChI=1S/C17H26BrNO8/c1-9(21)25-13-11(19-15(24)27-16(3,4)5)6-7-12(23)17(18,8-20)14(13)26-10(2)22/h11,13-14,20H,6-8H2,1-5H3,(H,19,24)/t11-,13+,14+,17-/m0/s1. The second-order valence-electron chi connectivity index (χ2n) is 7.34. The largest absolute Gasteiger partial charge is 0.456 e. The van der Waals surface area contributed by atoms with Gasteiger partial charge in [0.25, 0.3) is 0 Å². The van der Waals surface area contributed by atoms with E-state index in [1.54, 1.807) is 20.8 Å². The molecule has 1 amide bonds. The summed E-state index contributed by atoms with van der Waals surface area (Å²) in [6, 6.07) is -0.872. The molecule has 0 bridgehead atoms. The second-order valence-corrected chi connectivity index (χ2v) is 8.75. The molecule has 4 atom stereocenters. The van der Waals surface area contributed by atoms with Gasteiger partial charge in [-0.1, -0.05) is 15.9 Å². The number of hydrogen-bond acceptors (Lipinski definition) is 8. The minimum absolute atomic E-state index is 0.0538. The Hall–Kier alpha value is -1.68. The van der Waals surface area contributed by atoms with Crippen LogP contribution in [0.4, 0.5) is 4.79 Å². The molecule has 27 heavy (non-hydrogen) atoms. The number of carbonyl (C=O) groups excluding carboxylic acids is 4. The van der Waals surface area contributed by atoms with Crippen LogP contribution in [0.25, 0.3) is 0 Å². The second kappa shape index (κ2) is 9.01. The summed E-state index contributed by atoms with van der Waals surface area (Å²) < 4.78 is 14.1. The van der Waals surface area contributed by atoms with Crippen molar-refractivity contribution in [3.05, 3.63) is 0 Å². The summed E-state index contributed by atoms with van der Waals surface area (Å²) in [5.74, 6) is -1.88. The third-order valence-corrected chi connectivity index (χ3v) is 4.96. The highest BCUT2D eigenvalue weighted by Gasteiger charge is 2.55. The number of rotatable bonds is 4. The predicted molar refractivity (Wildman–Crippen MR) is 97.3 cm³/mol. The molecule has 0 aromatic carbocycles. The molecule has 0 saturated heterocycles. The molecule has 0 unspecified atom stereocenters. The summed E-state index contributed by atoms with van der Waals surface area (Å²) >= 11 is 3.17. The Morgan fingerprint density at radius 3 is 2.22 bits per heavy atom. The number of halogens is 1. The monoisotopic (exact) mass is 451 g/mol. The molecule has 9 nitrogen and oxygen atoms in total. The van der Waals surface area contributed by atoms with Gasteiger partial charge in [-0.25, -0.2) is 4.79 Å².